The molecular weight excluding hydrogens is 370 g/mol. The minimum absolute atomic E-state index is 0.749. The summed E-state index contributed by atoms with van der Waals surface area (Å²) in [6, 6.07) is 26.4. The van der Waals surface area contributed by atoms with Crippen LogP contribution in [0.15, 0.2) is 87.7 Å². The summed E-state index contributed by atoms with van der Waals surface area (Å²) in [7, 11) is 0. The van der Waals surface area contributed by atoms with Crippen LogP contribution in [0.4, 0.5) is 5.69 Å². The van der Waals surface area contributed by atoms with Crippen LogP contribution in [0, 0.1) is 0 Å². The second-order valence-electron chi connectivity index (χ2n) is 6.83. The Kier molecular flexibility index (Phi) is 3.22. The molecule has 0 saturated heterocycles. The minimum atomic E-state index is 0.749. The number of benzene rings is 4. The Hall–Kier alpha value is -3.43. The normalized spacial score (nSPS) is 11.8. The van der Waals surface area contributed by atoms with E-state index in [-0.39, 0.29) is 0 Å². The van der Waals surface area contributed by atoms with E-state index >= 15 is 0 Å². The molecule has 4 heteroatoms. The molecular formula is C24H14ClNO2. The molecule has 0 aliphatic carbocycles. The highest BCUT2D eigenvalue weighted by molar-refractivity contribution is 6.28. The van der Waals surface area contributed by atoms with Crippen LogP contribution < -0.4 is 4.84 Å². The van der Waals surface area contributed by atoms with E-state index in [1.54, 1.807) is 0 Å². The zero-order valence-electron chi connectivity index (χ0n) is 14.7. The van der Waals surface area contributed by atoms with Crippen LogP contribution in [0.1, 0.15) is 0 Å². The van der Waals surface area contributed by atoms with Gasteiger partial charge in [0.25, 0.3) is 0 Å². The molecule has 134 valence electrons. The molecule has 28 heavy (non-hydrogen) atoms. The van der Waals surface area contributed by atoms with Gasteiger partial charge < -0.3 is 8.83 Å². The van der Waals surface area contributed by atoms with E-state index in [0.29, 0.717) is 0 Å². The van der Waals surface area contributed by atoms with Gasteiger partial charge in [0.15, 0.2) is 5.58 Å². The molecule has 0 aliphatic rings. The molecule has 4 aromatic carbocycles. The number of para-hydroxylation sites is 2. The van der Waals surface area contributed by atoms with Crippen molar-refractivity contribution in [1.82, 2.24) is 0 Å². The predicted octanol–water partition coefficient (Wildman–Crippen LogP) is 7.72. The largest absolute Gasteiger partial charge is 0.456 e. The standard InChI is InChI=1S/C24H14ClNO2/c25-26-18-13-12-15(23-17-7-2-4-10-20(17)28-24(18)23)14-8-5-11-21-22(14)16-6-1-3-9-19(16)27-21/h1-13,26H. The first-order chi connectivity index (χ1) is 13.8. The van der Waals surface area contributed by atoms with Gasteiger partial charge in [-0.25, -0.2) is 0 Å². The molecule has 6 aromatic rings. The van der Waals surface area contributed by atoms with Crippen LogP contribution in [-0.2, 0) is 0 Å². The average molecular weight is 384 g/mol. The van der Waals surface area contributed by atoms with Crippen molar-refractivity contribution >= 4 is 61.3 Å². The van der Waals surface area contributed by atoms with E-state index in [4.69, 9.17) is 20.6 Å². The van der Waals surface area contributed by atoms with Gasteiger partial charge in [-0.2, -0.15) is 0 Å². The molecule has 2 aromatic heterocycles. The lowest BCUT2D eigenvalue weighted by atomic mass is 9.95. The maximum Gasteiger partial charge on any atom is 0.160 e. The van der Waals surface area contributed by atoms with E-state index in [9.17, 15) is 0 Å². The molecule has 0 bridgehead atoms. The number of rotatable bonds is 2. The first-order valence-electron chi connectivity index (χ1n) is 9.06. The second kappa shape index (κ2) is 5.78. The van der Waals surface area contributed by atoms with Gasteiger partial charge in [0, 0.05) is 33.3 Å². The van der Waals surface area contributed by atoms with E-state index in [0.717, 1.165) is 60.7 Å². The minimum Gasteiger partial charge on any atom is -0.456 e. The first kappa shape index (κ1) is 15.6. The third kappa shape index (κ3) is 2.05. The fraction of sp³-hybridized carbons (Fsp3) is 0. The SMILES string of the molecule is ClNc1ccc(-c2cccc3oc4ccccc4c23)c2c1oc1ccccc12. The van der Waals surface area contributed by atoms with Gasteiger partial charge in [0.05, 0.1) is 5.69 Å². The Balaban J connectivity index is 1.81. The third-order valence-corrected chi connectivity index (χ3v) is 5.52. The number of hydrogen-bond donors (Lipinski definition) is 1. The topological polar surface area (TPSA) is 38.3 Å². The van der Waals surface area contributed by atoms with Gasteiger partial charge in [0.1, 0.15) is 16.7 Å². The van der Waals surface area contributed by atoms with Crippen molar-refractivity contribution in [3.8, 4) is 11.1 Å². The van der Waals surface area contributed by atoms with Crippen LogP contribution in [0.3, 0.4) is 0 Å². The van der Waals surface area contributed by atoms with Crippen LogP contribution in [0.25, 0.3) is 55.0 Å². The highest BCUT2D eigenvalue weighted by atomic mass is 35.5. The Bertz CT molecular complexity index is 1510. The molecule has 0 unspecified atom stereocenters. The zero-order valence-corrected chi connectivity index (χ0v) is 15.5. The first-order valence-corrected chi connectivity index (χ1v) is 9.44. The lowest BCUT2D eigenvalue weighted by Gasteiger charge is -2.08. The summed E-state index contributed by atoms with van der Waals surface area (Å²) in [4.78, 5) is 2.73. The molecule has 0 fully saturated rings. The fourth-order valence-electron chi connectivity index (χ4n) is 4.13. The lowest BCUT2D eigenvalue weighted by molar-refractivity contribution is 0.669. The van der Waals surface area contributed by atoms with E-state index in [2.05, 4.69) is 29.1 Å². The van der Waals surface area contributed by atoms with Crippen LogP contribution >= 0.6 is 11.8 Å². The maximum absolute atomic E-state index is 6.15. The molecule has 0 amide bonds. The second-order valence-corrected chi connectivity index (χ2v) is 7.02. The quantitative estimate of drug-likeness (QED) is 0.311. The summed E-state index contributed by atoms with van der Waals surface area (Å²) < 4.78 is 12.2. The molecule has 0 spiro atoms. The molecule has 0 radical (unpaired) electrons. The fourth-order valence-corrected chi connectivity index (χ4v) is 4.27. The van der Waals surface area contributed by atoms with Gasteiger partial charge in [-0.05, 0) is 35.4 Å². The summed E-state index contributed by atoms with van der Waals surface area (Å²) in [6.45, 7) is 0. The van der Waals surface area contributed by atoms with Crippen molar-refractivity contribution in [3.05, 3.63) is 78.9 Å². The number of nitrogens with one attached hydrogen (secondary N) is 1. The Labute approximate surface area is 165 Å². The Morgan fingerprint density at radius 2 is 1.21 bits per heavy atom. The molecule has 1 N–H and O–H groups in total. The molecule has 2 heterocycles. The van der Waals surface area contributed by atoms with Crippen molar-refractivity contribution in [2.24, 2.45) is 0 Å². The van der Waals surface area contributed by atoms with Crippen molar-refractivity contribution in [2.45, 2.75) is 0 Å². The summed E-state index contributed by atoms with van der Waals surface area (Å²) in [6.07, 6.45) is 0. The van der Waals surface area contributed by atoms with E-state index < -0.39 is 0 Å². The number of furan rings is 2. The zero-order chi connectivity index (χ0) is 18.7. The number of halogens is 1. The van der Waals surface area contributed by atoms with Crippen molar-refractivity contribution < 1.29 is 8.83 Å². The number of anilines is 1. The Morgan fingerprint density at radius 3 is 2.00 bits per heavy atom. The summed E-state index contributed by atoms with van der Waals surface area (Å²) in [5.41, 5.74) is 6.30. The third-order valence-electron chi connectivity index (χ3n) is 5.32. The van der Waals surface area contributed by atoms with Gasteiger partial charge in [-0.1, -0.05) is 54.6 Å². The van der Waals surface area contributed by atoms with E-state index in [1.807, 2.05) is 54.6 Å². The average Bonchev–Trinajstić information content (AvgIpc) is 3.32. The van der Waals surface area contributed by atoms with Crippen molar-refractivity contribution in [3.63, 3.8) is 0 Å². The van der Waals surface area contributed by atoms with Crippen molar-refractivity contribution in [1.29, 1.82) is 0 Å². The molecule has 3 nitrogen and oxygen atoms in total. The maximum atomic E-state index is 6.15. The highest BCUT2D eigenvalue weighted by Gasteiger charge is 2.19. The smallest absolute Gasteiger partial charge is 0.160 e. The Morgan fingerprint density at radius 1 is 0.571 bits per heavy atom. The van der Waals surface area contributed by atoms with Gasteiger partial charge in [-0.15, -0.1) is 0 Å². The van der Waals surface area contributed by atoms with Gasteiger partial charge in [-0.3, -0.25) is 4.84 Å². The summed E-state index contributed by atoms with van der Waals surface area (Å²) in [5.74, 6) is 0. The molecule has 0 atom stereocenters. The molecule has 0 aliphatic heterocycles. The van der Waals surface area contributed by atoms with E-state index in [1.165, 1.54) is 0 Å². The summed E-state index contributed by atoms with van der Waals surface area (Å²) in [5, 5.41) is 4.31. The number of fused-ring (bicyclic) bond motifs is 6. The van der Waals surface area contributed by atoms with Gasteiger partial charge in [0.2, 0.25) is 0 Å². The number of hydrogen-bond acceptors (Lipinski definition) is 3. The predicted molar refractivity (Wildman–Crippen MR) is 116 cm³/mol. The van der Waals surface area contributed by atoms with Crippen LogP contribution in [-0.4, -0.2) is 0 Å². The van der Waals surface area contributed by atoms with Gasteiger partial charge >= 0.3 is 0 Å². The van der Waals surface area contributed by atoms with Crippen LogP contribution in [0.2, 0.25) is 0 Å². The van der Waals surface area contributed by atoms with Crippen LogP contribution in [0.5, 0.6) is 0 Å². The lowest BCUT2D eigenvalue weighted by Crippen LogP contribution is -1.85. The van der Waals surface area contributed by atoms with Crippen molar-refractivity contribution in [2.75, 3.05) is 4.84 Å². The molecule has 6 rings (SSSR count). The highest BCUT2D eigenvalue weighted by Crippen LogP contribution is 2.44. The summed E-state index contributed by atoms with van der Waals surface area (Å²) >= 11 is 5.96. The molecule has 0 saturated carbocycles. The monoisotopic (exact) mass is 383 g/mol.